The minimum absolute atomic E-state index is 0.0187. The fourth-order valence-corrected chi connectivity index (χ4v) is 4.57. The Bertz CT molecular complexity index is 1290. The Balaban J connectivity index is 1.62. The number of rotatable bonds is 4. The van der Waals surface area contributed by atoms with Crippen molar-refractivity contribution in [3.63, 3.8) is 0 Å². The molecular formula is C27H23N3O. The fraction of sp³-hybridized carbons (Fsp3) is 0.148. The van der Waals surface area contributed by atoms with Crippen LogP contribution in [0.3, 0.4) is 0 Å². The van der Waals surface area contributed by atoms with Crippen LogP contribution in [0.15, 0.2) is 79.4 Å². The van der Waals surface area contributed by atoms with Gasteiger partial charge in [-0.25, -0.2) is 0 Å². The molecule has 152 valence electrons. The molecule has 0 saturated carbocycles. The molecule has 1 aliphatic rings. The number of nitrogens with zero attached hydrogens (tertiary/aromatic N) is 2. The number of methoxy groups -OCH3 is 1. The molecule has 4 aromatic rings. The minimum atomic E-state index is 0.0187. The zero-order chi connectivity index (χ0) is 21.4. The summed E-state index contributed by atoms with van der Waals surface area (Å²) in [6.45, 7) is 5.31. The van der Waals surface area contributed by atoms with Crippen molar-refractivity contribution in [3.05, 3.63) is 107 Å². The smallest absolute Gasteiger partial charge is 0.118 e. The first-order valence-corrected chi connectivity index (χ1v) is 10.4. The predicted molar refractivity (Wildman–Crippen MR) is 124 cm³/mol. The second kappa shape index (κ2) is 7.70. The van der Waals surface area contributed by atoms with E-state index in [-0.39, 0.29) is 6.04 Å². The summed E-state index contributed by atoms with van der Waals surface area (Å²) in [6.07, 6.45) is 0.946. The van der Waals surface area contributed by atoms with Crippen molar-refractivity contribution in [2.75, 3.05) is 13.7 Å². The Kier molecular flexibility index (Phi) is 4.72. The summed E-state index contributed by atoms with van der Waals surface area (Å²) >= 11 is 0. The van der Waals surface area contributed by atoms with E-state index in [0.29, 0.717) is 5.56 Å². The van der Waals surface area contributed by atoms with E-state index < -0.39 is 0 Å². The number of benzene rings is 3. The lowest BCUT2D eigenvalue weighted by Crippen LogP contribution is -2.34. The van der Waals surface area contributed by atoms with Crippen LogP contribution < -0.4 is 4.74 Å². The summed E-state index contributed by atoms with van der Waals surface area (Å²) < 4.78 is 5.37. The number of para-hydroxylation sites is 1. The summed E-state index contributed by atoms with van der Waals surface area (Å²) in [5, 5.41) is 10.4. The molecule has 5 rings (SSSR count). The first-order chi connectivity index (χ1) is 15.2. The molecule has 3 aromatic carbocycles. The molecule has 4 heteroatoms. The van der Waals surface area contributed by atoms with Crippen molar-refractivity contribution in [2.24, 2.45) is 0 Å². The van der Waals surface area contributed by atoms with Crippen LogP contribution in [-0.2, 0) is 6.42 Å². The average molecular weight is 406 g/mol. The SMILES string of the molecule is C=C(c1ccc(C#N)cc1)N1CCc2c([nH]c3ccccc23)C1c1ccc(OC)cc1. The zero-order valence-corrected chi connectivity index (χ0v) is 17.4. The molecule has 0 aliphatic carbocycles. The average Bonchev–Trinajstić information content (AvgIpc) is 3.22. The molecule has 0 amide bonds. The fourth-order valence-electron chi connectivity index (χ4n) is 4.57. The van der Waals surface area contributed by atoms with Gasteiger partial charge in [0, 0.05) is 28.8 Å². The zero-order valence-electron chi connectivity index (χ0n) is 17.4. The molecule has 0 fully saturated rings. The molecule has 1 aliphatic heterocycles. The van der Waals surface area contributed by atoms with E-state index in [1.54, 1.807) is 7.11 Å². The molecule has 0 radical (unpaired) electrons. The van der Waals surface area contributed by atoms with Crippen LogP contribution in [0.25, 0.3) is 16.6 Å². The molecular weight excluding hydrogens is 382 g/mol. The number of fused-ring (bicyclic) bond motifs is 3. The number of H-pyrrole nitrogens is 1. The second-order valence-corrected chi connectivity index (χ2v) is 7.82. The minimum Gasteiger partial charge on any atom is -0.497 e. The van der Waals surface area contributed by atoms with Crippen molar-refractivity contribution in [2.45, 2.75) is 12.5 Å². The van der Waals surface area contributed by atoms with Gasteiger partial charge in [0.1, 0.15) is 5.75 Å². The molecule has 1 aromatic heterocycles. The standard InChI is InChI=1S/C27H23N3O/c1-18(20-9-7-19(17-28)8-10-20)30-16-15-24-23-5-3-4-6-25(23)29-26(24)27(30)21-11-13-22(31-2)14-12-21/h3-14,27,29H,1,15-16H2,2H3. The highest BCUT2D eigenvalue weighted by Crippen LogP contribution is 2.42. The molecule has 4 nitrogen and oxygen atoms in total. The maximum Gasteiger partial charge on any atom is 0.118 e. The lowest BCUT2D eigenvalue weighted by atomic mass is 9.91. The Morgan fingerprint density at radius 3 is 2.52 bits per heavy atom. The molecule has 0 bridgehead atoms. The highest BCUT2D eigenvalue weighted by molar-refractivity contribution is 5.85. The van der Waals surface area contributed by atoms with Gasteiger partial charge in [-0.15, -0.1) is 0 Å². The van der Waals surface area contributed by atoms with Crippen LogP contribution in [0.4, 0.5) is 0 Å². The summed E-state index contributed by atoms with van der Waals surface area (Å²) in [4.78, 5) is 6.05. The van der Waals surface area contributed by atoms with Crippen LogP contribution in [0.2, 0.25) is 0 Å². The molecule has 1 unspecified atom stereocenters. The third-order valence-corrected chi connectivity index (χ3v) is 6.16. The normalized spacial score (nSPS) is 15.4. The van der Waals surface area contributed by atoms with E-state index in [4.69, 9.17) is 10.00 Å². The molecule has 2 heterocycles. The number of nitriles is 1. The highest BCUT2D eigenvalue weighted by Gasteiger charge is 2.32. The lowest BCUT2D eigenvalue weighted by molar-refractivity contribution is 0.316. The Morgan fingerprint density at radius 2 is 1.81 bits per heavy atom. The van der Waals surface area contributed by atoms with Gasteiger partial charge in [0.15, 0.2) is 0 Å². The molecule has 1 atom stereocenters. The maximum atomic E-state index is 9.13. The molecule has 0 spiro atoms. The quantitative estimate of drug-likeness (QED) is 0.476. The highest BCUT2D eigenvalue weighted by atomic mass is 16.5. The largest absolute Gasteiger partial charge is 0.497 e. The third kappa shape index (κ3) is 3.25. The summed E-state index contributed by atoms with van der Waals surface area (Å²) in [7, 11) is 1.68. The molecule has 31 heavy (non-hydrogen) atoms. The van der Waals surface area contributed by atoms with Gasteiger partial charge in [-0.1, -0.05) is 49.0 Å². The number of nitrogens with one attached hydrogen (secondary N) is 1. The van der Waals surface area contributed by atoms with Crippen molar-refractivity contribution >= 4 is 16.6 Å². The van der Waals surface area contributed by atoms with E-state index in [2.05, 4.69) is 58.9 Å². The maximum absolute atomic E-state index is 9.13. The summed E-state index contributed by atoms with van der Waals surface area (Å²) in [6, 6.07) is 26.6. The van der Waals surface area contributed by atoms with Gasteiger partial charge in [-0.3, -0.25) is 0 Å². The van der Waals surface area contributed by atoms with Gasteiger partial charge in [0.05, 0.1) is 24.8 Å². The van der Waals surface area contributed by atoms with Crippen molar-refractivity contribution < 1.29 is 4.74 Å². The van der Waals surface area contributed by atoms with Gasteiger partial charge in [0.25, 0.3) is 0 Å². The van der Waals surface area contributed by atoms with Crippen LogP contribution >= 0.6 is 0 Å². The van der Waals surface area contributed by atoms with E-state index in [1.165, 1.54) is 22.2 Å². The van der Waals surface area contributed by atoms with E-state index in [9.17, 15) is 0 Å². The van der Waals surface area contributed by atoms with E-state index in [0.717, 1.165) is 35.5 Å². The summed E-state index contributed by atoms with van der Waals surface area (Å²) in [5.41, 5.74) is 7.57. The van der Waals surface area contributed by atoms with Crippen LogP contribution in [0, 0.1) is 11.3 Å². The third-order valence-electron chi connectivity index (χ3n) is 6.16. The number of hydrogen-bond acceptors (Lipinski definition) is 3. The van der Waals surface area contributed by atoms with Crippen LogP contribution in [0.5, 0.6) is 5.75 Å². The first-order valence-electron chi connectivity index (χ1n) is 10.4. The van der Waals surface area contributed by atoms with Crippen molar-refractivity contribution in [1.29, 1.82) is 5.26 Å². The molecule has 0 saturated heterocycles. The lowest BCUT2D eigenvalue weighted by Gasteiger charge is -2.39. The molecule has 1 N–H and O–H groups in total. The number of aromatic amines is 1. The summed E-state index contributed by atoms with van der Waals surface area (Å²) in [5.74, 6) is 0.842. The topological polar surface area (TPSA) is 52.0 Å². The van der Waals surface area contributed by atoms with E-state index >= 15 is 0 Å². The van der Waals surface area contributed by atoms with Crippen molar-refractivity contribution in [1.82, 2.24) is 9.88 Å². The van der Waals surface area contributed by atoms with E-state index in [1.807, 2.05) is 36.4 Å². The number of hydrogen-bond donors (Lipinski definition) is 1. The first kappa shape index (κ1) is 19.0. The Morgan fingerprint density at radius 1 is 1.06 bits per heavy atom. The predicted octanol–water partition coefficient (Wildman–Crippen LogP) is 5.67. The number of aromatic nitrogens is 1. The Labute approximate surface area is 182 Å². The van der Waals surface area contributed by atoms with Crippen LogP contribution in [-0.4, -0.2) is 23.5 Å². The van der Waals surface area contributed by atoms with Gasteiger partial charge < -0.3 is 14.6 Å². The van der Waals surface area contributed by atoms with Crippen LogP contribution in [0.1, 0.15) is 34.0 Å². The Hall–Kier alpha value is -3.97. The van der Waals surface area contributed by atoms with Gasteiger partial charge in [0.2, 0.25) is 0 Å². The number of ether oxygens (including phenoxy) is 1. The van der Waals surface area contributed by atoms with Gasteiger partial charge in [-0.05, 0) is 53.4 Å². The van der Waals surface area contributed by atoms with Gasteiger partial charge >= 0.3 is 0 Å². The van der Waals surface area contributed by atoms with Crippen molar-refractivity contribution in [3.8, 4) is 11.8 Å². The van der Waals surface area contributed by atoms with Gasteiger partial charge in [-0.2, -0.15) is 5.26 Å². The second-order valence-electron chi connectivity index (χ2n) is 7.82. The monoisotopic (exact) mass is 405 g/mol.